The number of aliphatic hydroxyl groups is 1. The molecule has 0 amide bonds. The molecule has 0 saturated heterocycles. The molecule has 0 aromatic carbocycles. The third-order valence-corrected chi connectivity index (χ3v) is 10.1. The predicted molar refractivity (Wildman–Crippen MR) is 124 cm³/mol. The molecule has 4 aliphatic rings. The highest BCUT2D eigenvalue weighted by molar-refractivity contribution is 5.96. The number of rotatable bonds is 2. The third-order valence-electron chi connectivity index (χ3n) is 10.1. The van der Waals surface area contributed by atoms with Gasteiger partial charge in [0, 0.05) is 29.6 Å². The van der Waals surface area contributed by atoms with Crippen LogP contribution in [0.25, 0.3) is 0 Å². The zero-order chi connectivity index (χ0) is 24.0. The van der Waals surface area contributed by atoms with Gasteiger partial charge >= 0.3 is 5.97 Å². The van der Waals surface area contributed by atoms with Crippen LogP contribution in [0.5, 0.6) is 0 Å². The Bertz CT molecular complexity index is 1050. The van der Waals surface area contributed by atoms with Crippen LogP contribution in [0.3, 0.4) is 0 Å². The van der Waals surface area contributed by atoms with Gasteiger partial charge in [0.1, 0.15) is 18.0 Å². The van der Waals surface area contributed by atoms with Gasteiger partial charge < -0.3 is 14.3 Å². The van der Waals surface area contributed by atoms with E-state index < -0.39 is 34.4 Å². The van der Waals surface area contributed by atoms with Crippen LogP contribution in [-0.2, 0) is 14.3 Å². The summed E-state index contributed by atoms with van der Waals surface area (Å²) in [6, 6.07) is 3.99. The van der Waals surface area contributed by atoms with Crippen molar-refractivity contribution in [2.75, 3.05) is 0 Å². The molecule has 1 aromatic heterocycles. The number of allylic oxidation sites excluding steroid dienone is 3. The second kappa shape index (κ2) is 6.94. The zero-order valence-electron chi connectivity index (χ0n) is 20.6. The number of carbonyl (C=O) groups is 2. The van der Waals surface area contributed by atoms with Crippen molar-refractivity contribution in [3.63, 3.8) is 0 Å². The summed E-state index contributed by atoms with van der Waals surface area (Å²) in [6.07, 6.45) is 8.93. The smallest absolute Gasteiger partial charge is 0.303 e. The first-order valence-electron chi connectivity index (χ1n) is 12.2. The van der Waals surface area contributed by atoms with Crippen molar-refractivity contribution in [2.24, 2.45) is 33.5 Å². The fourth-order valence-corrected chi connectivity index (χ4v) is 8.68. The van der Waals surface area contributed by atoms with E-state index in [1.807, 2.05) is 19.9 Å². The van der Waals surface area contributed by atoms with E-state index in [1.54, 1.807) is 12.3 Å². The molecule has 5 rings (SSSR count). The molecule has 4 aliphatic carbocycles. The molecule has 178 valence electrons. The van der Waals surface area contributed by atoms with Gasteiger partial charge in [0.25, 0.3) is 0 Å². The fraction of sp³-hybridized carbons (Fsp3) is 0.643. The number of aliphatic hydroxyl groups excluding tert-OH is 1. The number of hydrogen-bond donors (Lipinski definition) is 1. The van der Waals surface area contributed by atoms with E-state index >= 15 is 0 Å². The Morgan fingerprint density at radius 2 is 1.94 bits per heavy atom. The lowest BCUT2D eigenvalue weighted by molar-refractivity contribution is -0.228. The van der Waals surface area contributed by atoms with Crippen LogP contribution in [0.1, 0.15) is 72.5 Å². The van der Waals surface area contributed by atoms with E-state index in [0.29, 0.717) is 0 Å². The molecule has 5 heteroatoms. The number of furan rings is 1. The molecule has 1 aromatic rings. The average molecular weight is 453 g/mol. The molecule has 0 radical (unpaired) electrons. The second-order valence-electron chi connectivity index (χ2n) is 12.0. The van der Waals surface area contributed by atoms with Gasteiger partial charge in [0.15, 0.2) is 5.78 Å². The molecule has 2 saturated carbocycles. The summed E-state index contributed by atoms with van der Waals surface area (Å²) in [5, 5.41) is 12.0. The molecule has 0 spiro atoms. The van der Waals surface area contributed by atoms with E-state index in [2.05, 4.69) is 39.0 Å². The van der Waals surface area contributed by atoms with Crippen LogP contribution in [0, 0.1) is 33.5 Å². The fourth-order valence-electron chi connectivity index (χ4n) is 8.68. The van der Waals surface area contributed by atoms with Gasteiger partial charge in [-0.1, -0.05) is 52.3 Å². The third kappa shape index (κ3) is 2.75. The van der Waals surface area contributed by atoms with Crippen LogP contribution < -0.4 is 0 Å². The van der Waals surface area contributed by atoms with Crippen LogP contribution in [0.15, 0.2) is 46.6 Å². The predicted octanol–water partition coefficient (Wildman–Crippen LogP) is 5.21. The maximum atomic E-state index is 13.0. The number of hydrogen-bond acceptors (Lipinski definition) is 5. The standard InChI is InChI=1S/C28H36O5/c1-16(29)33-22-23-25(2,3)21(30)12-14-27(23,5)20-11-13-26(4)17(18-8-7-15-32-18)9-10-19(26)28(20,6)24(22)31/h7-8,10,12,14-15,17,20,22-24,31H,9,11,13H2,1-6H3/t17-,20+,22+,23-,24+,26-,27+,28-/m0/s1. The average Bonchev–Trinajstić information content (AvgIpc) is 3.36. The van der Waals surface area contributed by atoms with Crippen molar-refractivity contribution < 1.29 is 23.8 Å². The van der Waals surface area contributed by atoms with E-state index in [0.717, 1.165) is 25.0 Å². The Hall–Kier alpha value is -2.14. The van der Waals surface area contributed by atoms with Gasteiger partial charge in [-0.2, -0.15) is 0 Å². The van der Waals surface area contributed by atoms with Gasteiger partial charge in [0.05, 0.1) is 6.26 Å². The molecule has 8 atom stereocenters. The summed E-state index contributed by atoms with van der Waals surface area (Å²) in [6.45, 7) is 11.9. The minimum atomic E-state index is -0.899. The summed E-state index contributed by atoms with van der Waals surface area (Å²) in [4.78, 5) is 25.2. The Morgan fingerprint density at radius 3 is 2.58 bits per heavy atom. The SMILES string of the molecule is CC(=O)O[C@H]1[C@@H](O)[C@@]2(C)C3=CC[C@@H](c4ccco4)[C@]3(C)CC[C@@H]2[C@@]2(C)C=CC(=O)C(C)(C)[C@H]12. The van der Waals surface area contributed by atoms with E-state index in [9.17, 15) is 14.7 Å². The highest BCUT2D eigenvalue weighted by Gasteiger charge is 2.71. The maximum Gasteiger partial charge on any atom is 0.303 e. The van der Waals surface area contributed by atoms with Crippen molar-refractivity contribution in [3.05, 3.63) is 48.0 Å². The first-order valence-corrected chi connectivity index (χ1v) is 12.2. The number of ether oxygens (including phenoxy) is 1. The van der Waals surface area contributed by atoms with Gasteiger partial charge in [-0.05, 0) is 54.2 Å². The second-order valence-corrected chi connectivity index (χ2v) is 12.0. The van der Waals surface area contributed by atoms with E-state index in [1.165, 1.54) is 12.5 Å². The topological polar surface area (TPSA) is 76.7 Å². The number of ketones is 1. The summed E-state index contributed by atoms with van der Waals surface area (Å²) in [5.74, 6) is 0.637. The first-order chi connectivity index (χ1) is 15.4. The Balaban J connectivity index is 1.67. The summed E-state index contributed by atoms with van der Waals surface area (Å²) in [5.41, 5.74) is -0.609. The lowest BCUT2D eigenvalue weighted by atomic mass is 9.38. The molecule has 0 aliphatic heterocycles. The minimum Gasteiger partial charge on any atom is -0.469 e. The number of esters is 1. The Labute approximate surface area is 196 Å². The van der Waals surface area contributed by atoms with Crippen LogP contribution >= 0.6 is 0 Å². The monoisotopic (exact) mass is 452 g/mol. The molecule has 2 fully saturated rings. The molecule has 5 nitrogen and oxygen atoms in total. The van der Waals surface area contributed by atoms with Gasteiger partial charge in [-0.3, -0.25) is 9.59 Å². The molecular weight excluding hydrogens is 416 g/mol. The van der Waals surface area contributed by atoms with Gasteiger partial charge in [-0.25, -0.2) is 0 Å². The Morgan fingerprint density at radius 1 is 1.21 bits per heavy atom. The van der Waals surface area contributed by atoms with Crippen LogP contribution in [0.4, 0.5) is 0 Å². The van der Waals surface area contributed by atoms with Gasteiger partial charge in [0.2, 0.25) is 0 Å². The molecule has 0 unspecified atom stereocenters. The number of fused-ring (bicyclic) bond motifs is 5. The summed E-state index contributed by atoms with van der Waals surface area (Å²) in [7, 11) is 0. The van der Waals surface area contributed by atoms with Crippen molar-refractivity contribution in [3.8, 4) is 0 Å². The van der Waals surface area contributed by atoms with Crippen molar-refractivity contribution in [1.29, 1.82) is 0 Å². The molecule has 0 bridgehead atoms. The lowest BCUT2D eigenvalue weighted by Crippen LogP contribution is -2.70. The largest absolute Gasteiger partial charge is 0.469 e. The van der Waals surface area contributed by atoms with Crippen LogP contribution in [-0.4, -0.2) is 29.1 Å². The van der Waals surface area contributed by atoms with Crippen molar-refractivity contribution in [2.45, 2.75) is 78.9 Å². The minimum absolute atomic E-state index is 0.0246. The Kier molecular flexibility index (Phi) is 4.76. The highest BCUT2D eigenvalue weighted by atomic mass is 16.6. The quantitative estimate of drug-likeness (QED) is 0.492. The summed E-state index contributed by atoms with van der Waals surface area (Å²) >= 11 is 0. The molecule has 33 heavy (non-hydrogen) atoms. The van der Waals surface area contributed by atoms with Gasteiger partial charge in [-0.15, -0.1) is 0 Å². The number of carbonyl (C=O) groups excluding carboxylic acids is 2. The molecule has 1 N–H and O–H groups in total. The van der Waals surface area contributed by atoms with Crippen molar-refractivity contribution in [1.82, 2.24) is 0 Å². The molecule has 1 heterocycles. The summed E-state index contributed by atoms with van der Waals surface area (Å²) < 4.78 is 11.7. The first kappa shape index (κ1) is 22.6. The molecular formula is C28H36O5. The van der Waals surface area contributed by atoms with Crippen LogP contribution in [0.2, 0.25) is 0 Å². The van der Waals surface area contributed by atoms with Crippen molar-refractivity contribution >= 4 is 11.8 Å². The van der Waals surface area contributed by atoms with E-state index in [-0.39, 0.29) is 29.0 Å². The zero-order valence-corrected chi connectivity index (χ0v) is 20.6. The van der Waals surface area contributed by atoms with E-state index in [4.69, 9.17) is 9.15 Å². The maximum absolute atomic E-state index is 13.0. The highest BCUT2D eigenvalue weighted by Crippen LogP contribution is 2.72. The lowest BCUT2D eigenvalue weighted by Gasteiger charge is -2.67. The normalized spacial score (nSPS) is 45.6.